The van der Waals surface area contributed by atoms with Crippen molar-refractivity contribution in [3.05, 3.63) is 52.4 Å². The predicted octanol–water partition coefficient (Wildman–Crippen LogP) is 3.84. The van der Waals surface area contributed by atoms with E-state index in [0.29, 0.717) is 21.6 Å². The normalized spacial score (nSPS) is 11.9. The fraction of sp³-hybridized carbons (Fsp3) is 0.214. The largest absolute Gasteiger partial charge is 0.484 e. The molecular weight excluding hydrogens is 301 g/mol. The number of carbonyl (C=O) groups excluding carboxylic acids is 1. The van der Waals surface area contributed by atoms with E-state index < -0.39 is 0 Å². The van der Waals surface area contributed by atoms with Crippen LogP contribution < -0.4 is 10.1 Å². The number of carbonyl (C=O) groups is 1. The Labute approximate surface area is 126 Å². The molecule has 0 fully saturated rings. The molecule has 6 heteroatoms. The van der Waals surface area contributed by atoms with Gasteiger partial charge in [0.05, 0.1) is 22.4 Å². The maximum absolute atomic E-state index is 11.7. The van der Waals surface area contributed by atoms with E-state index in [1.807, 2.05) is 6.92 Å². The topological polar surface area (TPSA) is 51.5 Å². The van der Waals surface area contributed by atoms with E-state index in [9.17, 15) is 4.79 Å². The molecule has 0 unspecified atom stereocenters. The molecule has 0 aliphatic carbocycles. The van der Waals surface area contributed by atoms with Crippen molar-refractivity contribution in [3.8, 4) is 5.75 Å². The molecule has 0 aliphatic rings. The van der Waals surface area contributed by atoms with Crippen LogP contribution in [0.1, 0.15) is 18.7 Å². The smallest absolute Gasteiger partial charge is 0.258 e. The number of hydrogen-bond donors (Lipinski definition) is 1. The van der Waals surface area contributed by atoms with E-state index in [-0.39, 0.29) is 18.6 Å². The molecule has 1 aromatic carbocycles. The Morgan fingerprint density at radius 1 is 1.35 bits per heavy atom. The van der Waals surface area contributed by atoms with E-state index in [0.717, 1.165) is 0 Å². The van der Waals surface area contributed by atoms with Crippen LogP contribution in [0.25, 0.3) is 0 Å². The summed E-state index contributed by atoms with van der Waals surface area (Å²) >= 11 is 11.6. The zero-order valence-corrected chi connectivity index (χ0v) is 12.2. The first kappa shape index (κ1) is 14.8. The van der Waals surface area contributed by atoms with Crippen LogP contribution in [0.3, 0.4) is 0 Å². The molecule has 0 radical (unpaired) electrons. The van der Waals surface area contributed by atoms with E-state index in [1.165, 1.54) is 0 Å². The molecular formula is C14H13Cl2NO3. The molecule has 2 aromatic rings. The summed E-state index contributed by atoms with van der Waals surface area (Å²) in [5.41, 5.74) is 0. The molecule has 0 saturated carbocycles. The summed E-state index contributed by atoms with van der Waals surface area (Å²) in [6.07, 6.45) is 1.56. The molecule has 1 amide bonds. The zero-order valence-electron chi connectivity index (χ0n) is 10.7. The van der Waals surface area contributed by atoms with Crippen molar-refractivity contribution >= 4 is 29.1 Å². The number of furan rings is 1. The molecule has 20 heavy (non-hydrogen) atoms. The van der Waals surface area contributed by atoms with Crippen LogP contribution in [0.4, 0.5) is 0 Å². The summed E-state index contributed by atoms with van der Waals surface area (Å²) in [5, 5.41) is 3.58. The maximum atomic E-state index is 11.7. The molecule has 4 nitrogen and oxygen atoms in total. The summed E-state index contributed by atoms with van der Waals surface area (Å²) in [6, 6.07) is 8.18. The molecule has 0 bridgehead atoms. The Morgan fingerprint density at radius 3 is 2.80 bits per heavy atom. The third-order valence-electron chi connectivity index (χ3n) is 2.61. The Hall–Kier alpha value is -1.65. The molecule has 1 N–H and O–H groups in total. The van der Waals surface area contributed by atoms with Gasteiger partial charge in [-0.3, -0.25) is 4.79 Å². The summed E-state index contributed by atoms with van der Waals surface area (Å²) in [7, 11) is 0. The second-order valence-electron chi connectivity index (χ2n) is 4.17. The second kappa shape index (κ2) is 6.68. The van der Waals surface area contributed by atoms with Crippen molar-refractivity contribution in [2.75, 3.05) is 6.61 Å². The van der Waals surface area contributed by atoms with Crippen molar-refractivity contribution in [1.82, 2.24) is 5.32 Å². The van der Waals surface area contributed by atoms with Gasteiger partial charge in [-0.05, 0) is 31.2 Å². The zero-order chi connectivity index (χ0) is 14.5. The highest BCUT2D eigenvalue weighted by molar-refractivity contribution is 6.42. The highest BCUT2D eigenvalue weighted by atomic mass is 35.5. The molecule has 0 saturated heterocycles. The lowest BCUT2D eigenvalue weighted by atomic mass is 10.2. The standard InChI is InChI=1S/C14H13Cl2NO3/c1-9(13-3-2-6-19-13)17-14(18)8-20-10-4-5-11(15)12(16)7-10/h2-7,9H,8H2,1H3,(H,17,18)/t9-/m1/s1. The van der Waals surface area contributed by atoms with Crippen molar-refractivity contribution in [3.63, 3.8) is 0 Å². The van der Waals surface area contributed by atoms with Gasteiger partial charge in [0.25, 0.3) is 5.91 Å². The van der Waals surface area contributed by atoms with E-state index in [2.05, 4.69) is 5.32 Å². The van der Waals surface area contributed by atoms with Gasteiger partial charge in [0.1, 0.15) is 11.5 Å². The molecule has 2 rings (SSSR count). The van der Waals surface area contributed by atoms with Gasteiger partial charge < -0.3 is 14.5 Å². The quantitative estimate of drug-likeness (QED) is 0.912. The van der Waals surface area contributed by atoms with Gasteiger partial charge in [0, 0.05) is 6.07 Å². The number of nitrogens with one attached hydrogen (secondary N) is 1. The Morgan fingerprint density at radius 2 is 2.15 bits per heavy atom. The van der Waals surface area contributed by atoms with Crippen LogP contribution in [0, 0.1) is 0 Å². The highest BCUT2D eigenvalue weighted by Crippen LogP contribution is 2.26. The number of halogens is 2. The van der Waals surface area contributed by atoms with Crippen LogP contribution >= 0.6 is 23.2 Å². The first-order valence-corrected chi connectivity index (χ1v) is 6.72. The first-order chi connectivity index (χ1) is 9.56. The van der Waals surface area contributed by atoms with Gasteiger partial charge >= 0.3 is 0 Å². The average Bonchev–Trinajstić information content (AvgIpc) is 2.94. The monoisotopic (exact) mass is 313 g/mol. The lowest BCUT2D eigenvalue weighted by molar-refractivity contribution is -0.123. The van der Waals surface area contributed by atoms with Crippen LogP contribution in [0.15, 0.2) is 41.0 Å². The van der Waals surface area contributed by atoms with Gasteiger partial charge in [-0.2, -0.15) is 0 Å². The SMILES string of the molecule is C[C@@H](NC(=O)COc1ccc(Cl)c(Cl)c1)c1ccco1. The number of rotatable bonds is 5. The van der Waals surface area contributed by atoms with E-state index in [4.69, 9.17) is 32.4 Å². The molecule has 1 atom stereocenters. The van der Waals surface area contributed by atoms with Gasteiger partial charge in [-0.25, -0.2) is 0 Å². The fourth-order valence-electron chi connectivity index (χ4n) is 1.61. The minimum Gasteiger partial charge on any atom is -0.484 e. The number of benzene rings is 1. The Balaban J connectivity index is 1.84. The fourth-order valence-corrected chi connectivity index (χ4v) is 1.90. The minimum absolute atomic E-state index is 0.108. The lowest BCUT2D eigenvalue weighted by Gasteiger charge is -2.12. The van der Waals surface area contributed by atoms with Crippen molar-refractivity contribution in [1.29, 1.82) is 0 Å². The molecule has 0 aliphatic heterocycles. The van der Waals surface area contributed by atoms with Gasteiger partial charge in [0.2, 0.25) is 0 Å². The summed E-state index contributed by atoms with van der Waals surface area (Å²) in [4.78, 5) is 11.7. The molecule has 1 heterocycles. The third kappa shape index (κ3) is 3.92. The van der Waals surface area contributed by atoms with Crippen molar-refractivity contribution in [2.45, 2.75) is 13.0 Å². The maximum Gasteiger partial charge on any atom is 0.258 e. The molecule has 0 spiro atoms. The van der Waals surface area contributed by atoms with Gasteiger partial charge in [-0.15, -0.1) is 0 Å². The number of hydrogen-bond acceptors (Lipinski definition) is 3. The van der Waals surface area contributed by atoms with Crippen molar-refractivity contribution in [2.24, 2.45) is 0 Å². The van der Waals surface area contributed by atoms with Crippen molar-refractivity contribution < 1.29 is 13.9 Å². The van der Waals surface area contributed by atoms with Crippen LogP contribution in [-0.4, -0.2) is 12.5 Å². The molecule has 106 valence electrons. The van der Waals surface area contributed by atoms with Crippen LogP contribution in [0.5, 0.6) is 5.75 Å². The molecule has 1 aromatic heterocycles. The van der Waals surface area contributed by atoms with E-state index >= 15 is 0 Å². The number of amides is 1. The Kier molecular flexibility index (Phi) is 4.93. The summed E-state index contributed by atoms with van der Waals surface area (Å²) < 4.78 is 10.5. The van der Waals surface area contributed by atoms with Crippen LogP contribution in [0.2, 0.25) is 10.0 Å². The minimum atomic E-state index is -0.250. The second-order valence-corrected chi connectivity index (χ2v) is 4.98. The third-order valence-corrected chi connectivity index (χ3v) is 3.35. The van der Waals surface area contributed by atoms with Crippen LogP contribution in [-0.2, 0) is 4.79 Å². The number of ether oxygens (including phenoxy) is 1. The average molecular weight is 314 g/mol. The lowest BCUT2D eigenvalue weighted by Crippen LogP contribution is -2.31. The highest BCUT2D eigenvalue weighted by Gasteiger charge is 2.12. The summed E-state index contributed by atoms with van der Waals surface area (Å²) in [6.45, 7) is 1.72. The predicted molar refractivity (Wildman–Crippen MR) is 77.2 cm³/mol. The van der Waals surface area contributed by atoms with Gasteiger partial charge in [-0.1, -0.05) is 23.2 Å². The van der Waals surface area contributed by atoms with E-state index in [1.54, 1.807) is 36.6 Å². The summed E-state index contributed by atoms with van der Waals surface area (Å²) in [5.74, 6) is 0.924. The first-order valence-electron chi connectivity index (χ1n) is 5.97. The van der Waals surface area contributed by atoms with Gasteiger partial charge in [0.15, 0.2) is 6.61 Å². The Bertz CT molecular complexity index is 584.